The summed E-state index contributed by atoms with van der Waals surface area (Å²) >= 11 is 5.80. The van der Waals surface area contributed by atoms with Crippen LogP contribution in [0.4, 0.5) is 0 Å². The first-order valence-electron chi connectivity index (χ1n) is 6.83. The Balaban J connectivity index is 2.69. The molecule has 4 nitrogen and oxygen atoms in total. The van der Waals surface area contributed by atoms with Crippen molar-refractivity contribution in [2.24, 2.45) is 5.92 Å². The van der Waals surface area contributed by atoms with Gasteiger partial charge >= 0.3 is 11.9 Å². The lowest BCUT2D eigenvalue weighted by molar-refractivity contribution is -0.161. The molecule has 0 amide bonds. The molecule has 0 radical (unpaired) electrons. The van der Waals surface area contributed by atoms with Gasteiger partial charge in [-0.1, -0.05) is 35.9 Å². The molecule has 0 atom stereocenters. The highest BCUT2D eigenvalue weighted by atomic mass is 35.5. The molecule has 1 rings (SSSR count). The number of hydrogen-bond donors (Lipinski definition) is 0. The number of benzene rings is 1. The van der Waals surface area contributed by atoms with Crippen LogP contribution in [0.1, 0.15) is 25.8 Å². The molecule has 0 aliphatic heterocycles. The van der Waals surface area contributed by atoms with Crippen molar-refractivity contribution in [2.45, 2.75) is 20.3 Å². The number of esters is 2. The summed E-state index contributed by atoms with van der Waals surface area (Å²) in [6, 6.07) is 7.25. The highest BCUT2D eigenvalue weighted by molar-refractivity contribution is 6.30. The zero-order valence-corrected chi connectivity index (χ0v) is 12.9. The second-order valence-corrected chi connectivity index (χ2v) is 4.68. The molecule has 0 spiro atoms. The Labute approximate surface area is 129 Å². The zero-order valence-electron chi connectivity index (χ0n) is 12.2. The van der Waals surface area contributed by atoms with Crippen LogP contribution < -0.4 is 0 Å². The van der Waals surface area contributed by atoms with Gasteiger partial charge in [-0.05, 0) is 38.0 Å². The Hall–Kier alpha value is -1.81. The quantitative estimate of drug-likeness (QED) is 0.571. The smallest absolute Gasteiger partial charge is 0.320 e. The standard InChI is InChI=1S/C16H19ClO4/c1-3-20-15(18)14(16(19)21-4-2)7-5-6-12-8-10-13(17)11-9-12/h5-6,8-11,14H,3-4,7H2,1-2H3/b6-5+. The van der Waals surface area contributed by atoms with Gasteiger partial charge in [0.15, 0.2) is 5.92 Å². The number of carbonyl (C=O) groups is 2. The fourth-order valence-corrected chi connectivity index (χ4v) is 1.81. The van der Waals surface area contributed by atoms with Crippen molar-refractivity contribution in [3.8, 4) is 0 Å². The van der Waals surface area contributed by atoms with E-state index in [1.165, 1.54) is 0 Å². The molecular formula is C16H19ClO4. The summed E-state index contributed by atoms with van der Waals surface area (Å²) in [6.07, 6.45) is 3.81. The van der Waals surface area contributed by atoms with Crippen LogP contribution in [0.2, 0.25) is 5.02 Å². The van der Waals surface area contributed by atoms with Gasteiger partial charge in [0.2, 0.25) is 0 Å². The van der Waals surface area contributed by atoms with E-state index >= 15 is 0 Å². The predicted octanol–water partition coefficient (Wildman–Crippen LogP) is 3.49. The van der Waals surface area contributed by atoms with Crippen LogP contribution in [0.3, 0.4) is 0 Å². The van der Waals surface area contributed by atoms with Gasteiger partial charge in [0.1, 0.15) is 0 Å². The summed E-state index contributed by atoms with van der Waals surface area (Å²) in [5.74, 6) is -2.04. The van der Waals surface area contributed by atoms with E-state index in [0.29, 0.717) is 5.02 Å². The Morgan fingerprint density at radius 3 is 2.10 bits per heavy atom. The SMILES string of the molecule is CCOC(=O)C(C/C=C/c1ccc(Cl)cc1)C(=O)OCC. The lowest BCUT2D eigenvalue weighted by Crippen LogP contribution is -2.27. The third-order valence-electron chi connectivity index (χ3n) is 2.69. The summed E-state index contributed by atoms with van der Waals surface area (Å²) in [6.45, 7) is 3.86. The monoisotopic (exact) mass is 310 g/mol. The van der Waals surface area contributed by atoms with E-state index in [9.17, 15) is 9.59 Å². The number of halogens is 1. The van der Waals surface area contributed by atoms with E-state index in [0.717, 1.165) is 5.56 Å². The van der Waals surface area contributed by atoms with Crippen molar-refractivity contribution >= 4 is 29.6 Å². The van der Waals surface area contributed by atoms with Crippen LogP contribution in [0.15, 0.2) is 30.3 Å². The van der Waals surface area contributed by atoms with Crippen molar-refractivity contribution in [1.29, 1.82) is 0 Å². The molecule has 5 heteroatoms. The Morgan fingerprint density at radius 2 is 1.62 bits per heavy atom. The average Bonchev–Trinajstić information content (AvgIpc) is 2.46. The van der Waals surface area contributed by atoms with Gasteiger partial charge in [0, 0.05) is 5.02 Å². The van der Waals surface area contributed by atoms with Crippen molar-refractivity contribution in [3.05, 3.63) is 40.9 Å². The maximum Gasteiger partial charge on any atom is 0.320 e. The van der Waals surface area contributed by atoms with Crippen LogP contribution in [0.5, 0.6) is 0 Å². The van der Waals surface area contributed by atoms with Gasteiger partial charge in [0.25, 0.3) is 0 Å². The number of hydrogen-bond acceptors (Lipinski definition) is 4. The predicted molar refractivity (Wildman–Crippen MR) is 81.9 cm³/mol. The minimum Gasteiger partial charge on any atom is -0.465 e. The van der Waals surface area contributed by atoms with Crippen LogP contribution in [0.25, 0.3) is 6.08 Å². The molecule has 0 saturated carbocycles. The van der Waals surface area contributed by atoms with Gasteiger partial charge in [0.05, 0.1) is 13.2 Å². The third kappa shape index (κ3) is 6.00. The molecule has 0 aliphatic rings. The first-order valence-corrected chi connectivity index (χ1v) is 7.21. The van der Waals surface area contributed by atoms with Crippen molar-refractivity contribution in [1.82, 2.24) is 0 Å². The fraction of sp³-hybridized carbons (Fsp3) is 0.375. The summed E-state index contributed by atoms with van der Waals surface area (Å²) in [5.41, 5.74) is 0.936. The lowest BCUT2D eigenvalue weighted by atomic mass is 10.0. The second-order valence-electron chi connectivity index (χ2n) is 4.25. The minimum absolute atomic E-state index is 0.232. The van der Waals surface area contributed by atoms with Gasteiger partial charge < -0.3 is 9.47 Å². The summed E-state index contributed by atoms with van der Waals surface area (Å²) in [7, 11) is 0. The van der Waals surface area contributed by atoms with Crippen LogP contribution >= 0.6 is 11.6 Å². The first kappa shape index (κ1) is 17.2. The van der Waals surface area contributed by atoms with E-state index in [2.05, 4.69) is 0 Å². The maximum atomic E-state index is 11.8. The van der Waals surface area contributed by atoms with Crippen molar-refractivity contribution < 1.29 is 19.1 Å². The highest BCUT2D eigenvalue weighted by Crippen LogP contribution is 2.14. The molecule has 0 aliphatic carbocycles. The van der Waals surface area contributed by atoms with E-state index < -0.39 is 17.9 Å². The zero-order chi connectivity index (χ0) is 15.7. The van der Waals surface area contributed by atoms with E-state index in [1.54, 1.807) is 32.1 Å². The summed E-state index contributed by atoms with van der Waals surface area (Å²) < 4.78 is 9.80. The minimum atomic E-state index is -0.923. The van der Waals surface area contributed by atoms with Gasteiger partial charge in [-0.25, -0.2) is 0 Å². The van der Waals surface area contributed by atoms with Gasteiger partial charge in [-0.3, -0.25) is 9.59 Å². The molecule has 0 N–H and O–H groups in total. The van der Waals surface area contributed by atoms with Crippen LogP contribution in [-0.4, -0.2) is 25.2 Å². The third-order valence-corrected chi connectivity index (χ3v) is 2.95. The fourth-order valence-electron chi connectivity index (χ4n) is 1.69. The molecule has 21 heavy (non-hydrogen) atoms. The topological polar surface area (TPSA) is 52.6 Å². The van der Waals surface area contributed by atoms with E-state index in [4.69, 9.17) is 21.1 Å². The van der Waals surface area contributed by atoms with E-state index in [1.807, 2.05) is 18.2 Å². The molecule has 0 bridgehead atoms. The van der Waals surface area contributed by atoms with Crippen LogP contribution in [-0.2, 0) is 19.1 Å². The largest absolute Gasteiger partial charge is 0.465 e. The molecule has 114 valence electrons. The molecule has 1 aromatic rings. The second kappa shape index (κ2) is 9.19. The van der Waals surface area contributed by atoms with Crippen LogP contribution in [0, 0.1) is 5.92 Å². The highest BCUT2D eigenvalue weighted by Gasteiger charge is 2.28. The summed E-state index contributed by atoms with van der Waals surface area (Å²) in [4.78, 5) is 23.5. The molecule has 0 heterocycles. The Bertz CT molecular complexity index is 476. The maximum absolute atomic E-state index is 11.8. The Morgan fingerprint density at radius 1 is 1.10 bits per heavy atom. The average molecular weight is 311 g/mol. The number of carbonyl (C=O) groups excluding carboxylic acids is 2. The van der Waals surface area contributed by atoms with Gasteiger partial charge in [-0.15, -0.1) is 0 Å². The molecule has 0 fully saturated rings. The first-order chi connectivity index (χ1) is 10.1. The summed E-state index contributed by atoms with van der Waals surface area (Å²) in [5, 5.41) is 0.656. The molecule has 0 saturated heterocycles. The van der Waals surface area contributed by atoms with Crippen molar-refractivity contribution in [2.75, 3.05) is 13.2 Å². The molecule has 0 unspecified atom stereocenters. The molecular weight excluding hydrogens is 292 g/mol. The number of ether oxygens (including phenoxy) is 2. The van der Waals surface area contributed by atoms with Crippen molar-refractivity contribution in [3.63, 3.8) is 0 Å². The number of rotatable bonds is 7. The lowest BCUT2D eigenvalue weighted by Gasteiger charge is -2.12. The van der Waals surface area contributed by atoms with Gasteiger partial charge in [-0.2, -0.15) is 0 Å². The Kier molecular flexibility index (Phi) is 7.54. The molecule has 1 aromatic carbocycles. The normalized spacial score (nSPS) is 10.9. The number of allylic oxidation sites excluding steroid dienone is 1. The van der Waals surface area contributed by atoms with E-state index in [-0.39, 0.29) is 19.6 Å². The molecule has 0 aromatic heterocycles.